The van der Waals surface area contributed by atoms with Crippen molar-refractivity contribution in [2.24, 2.45) is 18.0 Å². The Labute approximate surface area is 226 Å². The van der Waals surface area contributed by atoms with Gasteiger partial charge in [0, 0.05) is 43.6 Å². The fraction of sp³-hybridized carbons (Fsp3) is 0.296. The molecule has 0 saturated carbocycles. The first kappa shape index (κ1) is 26.9. The highest BCUT2D eigenvalue weighted by molar-refractivity contribution is 6.31. The third-order valence-corrected chi connectivity index (χ3v) is 6.42. The molecule has 4 rings (SSSR count). The third kappa shape index (κ3) is 6.56. The molecular weight excluding hydrogens is 504 g/mol. The number of hydrogen-bond donors (Lipinski definition) is 2. The highest BCUT2D eigenvalue weighted by Crippen LogP contribution is 2.25. The van der Waals surface area contributed by atoms with E-state index in [9.17, 15) is 14.9 Å². The molecule has 3 aromatic rings. The summed E-state index contributed by atoms with van der Waals surface area (Å²) in [6.45, 7) is 0.189. The summed E-state index contributed by atoms with van der Waals surface area (Å²) in [4.78, 5) is 32.8. The Morgan fingerprint density at radius 1 is 1.24 bits per heavy atom. The molecule has 38 heavy (non-hydrogen) atoms. The van der Waals surface area contributed by atoms with Gasteiger partial charge in [0.25, 0.3) is 0 Å². The number of halogens is 1. The zero-order chi connectivity index (χ0) is 27.2. The summed E-state index contributed by atoms with van der Waals surface area (Å²) in [5.74, 6) is -0.573. The van der Waals surface area contributed by atoms with E-state index >= 15 is 0 Å². The van der Waals surface area contributed by atoms with Crippen molar-refractivity contribution in [3.63, 3.8) is 0 Å². The lowest BCUT2D eigenvalue weighted by atomic mass is 9.94. The van der Waals surface area contributed by atoms with Crippen molar-refractivity contribution < 1.29 is 9.59 Å². The SMILES string of the molecule is CN(C)NC1=NCC(Cc2c(Cl)cccc2C#N)C(=O)N(CC(=O)Nc2cccc(-c3cnn(C)c3)c2)C1. The lowest BCUT2D eigenvalue weighted by Crippen LogP contribution is -2.47. The molecular formula is C27H29ClN8O2. The minimum atomic E-state index is -0.579. The zero-order valence-corrected chi connectivity index (χ0v) is 22.2. The van der Waals surface area contributed by atoms with Gasteiger partial charge in [0.1, 0.15) is 12.4 Å². The first-order chi connectivity index (χ1) is 18.2. The number of aryl methyl sites for hydroxylation is 1. The average molecular weight is 533 g/mol. The Bertz CT molecular complexity index is 1410. The Morgan fingerprint density at radius 3 is 2.74 bits per heavy atom. The van der Waals surface area contributed by atoms with Gasteiger partial charge in [-0.15, -0.1) is 0 Å². The van der Waals surface area contributed by atoms with Gasteiger partial charge in [-0.2, -0.15) is 10.4 Å². The van der Waals surface area contributed by atoms with Crippen molar-refractivity contribution in [1.29, 1.82) is 5.26 Å². The molecule has 196 valence electrons. The number of hydrogen-bond acceptors (Lipinski definition) is 7. The number of nitriles is 1. The molecule has 1 aliphatic rings. The van der Waals surface area contributed by atoms with Gasteiger partial charge in [0.15, 0.2) is 0 Å². The predicted molar refractivity (Wildman–Crippen MR) is 146 cm³/mol. The van der Waals surface area contributed by atoms with Crippen LogP contribution in [0.15, 0.2) is 59.9 Å². The van der Waals surface area contributed by atoms with Crippen molar-refractivity contribution >= 4 is 34.9 Å². The number of nitrogens with zero attached hydrogens (tertiary/aromatic N) is 6. The maximum absolute atomic E-state index is 13.6. The van der Waals surface area contributed by atoms with E-state index in [2.05, 4.69) is 26.9 Å². The van der Waals surface area contributed by atoms with Crippen LogP contribution in [0.1, 0.15) is 11.1 Å². The standard InChI is InChI=1S/C27H29ClN8O2/c1-34(2)33-25-16-36(27(38)20(13-30-25)11-23-19(12-29)7-5-9-24(23)28)17-26(37)32-22-8-4-6-18(10-22)21-14-31-35(3)15-21/h4-10,14-15,20H,11,13,16-17H2,1-3H3,(H,30,33)(H,32,37). The fourth-order valence-electron chi connectivity index (χ4n) is 4.32. The molecule has 11 heteroatoms. The summed E-state index contributed by atoms with van der Waals surface area (Å²) in [6, 6.07) is 14.7. The number of amides is 2. The van der Waals surface area contributed by atoms with Crippen LogP contribution in [-0.4, -0.2) is 71.1 Å². The molecule has 1 aliphatic heterocycles. The molecule has 2 heterocycles. The molecule has 1 aromatic heterocycles. The molecule has 0 fully saturated rings. The molecule has 1 unspecified atom stereocenters. The van der Waals surface area contributed by atoms with Crippen LogP contribution in [0.4, 0.5) is 5.69 Å². The largest absolute Gasteiger partial charge is 0.326 e. The Hall–Kier alpha value is -4.20. The number of nitrogens with one attached hydrogen (secondary N) is 2. The second-order valence-electron chi connectivity index (χ2n) is 9.30. The lowest BCUT2D eigenvalue weighted by Gasteiger charge is -2.25. The van der Waals surface area contributed by atoms with E-state index < -0.39 is 5.92 Å². The minimum absolute atomic E-state index is 0.143. The van der Waals surface area contributed by atoms with Crippen LogP contribution in [0.5, 0.6) is 0 Å². The first-order valence-electron chi connectivity index (χ1n) is 12.1. The topological polar surface area (TPSA) is 119 Å². The van der Waals surface area contributed by atoms with Crippen molar-refractivity contribution in [1.82, 2.24) is 25.1 Å². The number of aliphatic imine (C=N–C) groups is 1. The van der Waals surface area contributed by atoms with Crippen LogP contribution < -0.4 is 10.7 Å². The number of benzene rings is 2. The Kier molecular flexibility index (Phi) is 8.41. The number of carbonyl (C=O) groups excluding carboxylic acids is 2. The average Bonchev–Trinajstić information content (AvgIpc) is 3.26. The minimum Gasteiger partial charge on any atom is -0.326 e. The van der Waals surface area contributed by atoms with Gasteiger partial charge >= 0.3 is 0 Å². The molecule has 0 saturated heterocycles. The summed E-state index contributed by atoms with van der Waals surface area (Å²) in [5.41, 5.74) is 6.60. The number of carbonyl (C=O) groups is 2. The summed E-state index contributed by atoms with van der Waals surface area (Å²) in [6.07, 6.45) is 3.89. The van der Waals surface area contributed by atoms with E-state index in [1.54, 1.807) is 40.2 Å². The van der Waals surface area contributed by atoms with E-state index in [4.69, 9.17) is 11.6 Å². The van der Waals surface area contributed by atoms with Crippen molar-refractivity contribution in [3.05, 3.63) is 71.0 Å². The monoisotopic (exact) mass is 532 g/mol. The highest BCUT2D eigenvalue weighted by Gasteiger charge is 2.31. The molecule has 1 atom stereocenters. The second kappa shape index (κ2) is 11.9. The predicted octanol–water partition coefficient (Wildman–Crippen LogP) is 2.72. The van der Waals surface area contributed by atoms with Crippen LogP contribution in [0.3, 0.4) is 0 Å². The van der Waals surface area contributed by atoms with Crippen molar-refractivity contribution in [3.8, 4) is 17.2 Å². The normalized spacial score (nSPS) is 15.6. The third-order valence-electron chi connectivity index (χ3n) is 6.07. The van der Waals surface area contributed by atoms with Gasteiger partial charge in [-0.3, -0.25) is 19.3 Å². The number of amidine groups is 1. The maximum atomic E-state index is 13.6. The molecule has 0 spiro atoms. The lowest BCUT2D eigenvalue weighted by molar-refractivity contribution is -0.137. The molecule has 2 aromatic carbocycles. The Balaban J connectivity index is 1.52. The number of aromatic nitrogens is 2. The van der Waals surface area contributed by atoms with E-state index in [1.807, 2.05) is 45.5 Å². The molecule has 10 nitrogen and oxygen atoms in total. The molecule has 0 aliphatic carbocycles. The van der Waals surface area contributed by atoms with Crippen LogP contribution in [0.2, 0.25) is 5.02 Å². The van der Waals surface area contributed by atoms with Crippen LogP contribution >= 0.6 is 11.6 Å². The zero-order valence-electron chi connectivity index (χ0n) is 21.5. The van der Waals surface area contributed by atoms with E-state index in [1.165, 1.54) is 4.90 Å². The van der Waals surface area contributed by atoms with Crippen LogP contribution in [-0.2, 0) is 23.1 Å². The van der Waals surface area contributed by atoms with Gasteiger partial charge in [-0.05, 0) is 41.8 Å². The van der Waals surface area contributed by atoms with E-state index in [0.717, 1.165) is 11.1 Å². The van der Waals surface area contributed by atoms with Gasteiger partial charge in [-0.25, -0.2) is 5.01 Å². The van der Waals surface area contributed by atoms with Gasteiger partial charge < -0.3 is 15.6 Å². The number of rotatable bonds is 7. The van der Waals surface area contributed by atoms with E-state index in [0.29, 0.717) is 27.7 Å². The van der Waals surface area contributed by atoms with Crippen LogP contribution in [0.25, 0.3) is 11.1 Å². The van der Waals surface area contributed by atoms with Gasteiger partial charge in [0.2, 0.25) is 11.8 Å². The summed E-state index contributed by atoms with van der Waals surface area (Å²) < 4.78 is 1.71. The summed E-state index contributed by atoms with van der Waals surface area (Å²) >= 11 is 6.38. The number of anilines is 1. The van der Waals surface area contributed by atoms with Crippen molar-refractivity contribution in [2.45, 2.75) is 6.42 Å². The van der Waals surface area contributed by atoms with Crippen molar-refractivity contribution in [2.75, 3.05) is 39.0 Å². The number of hydrazine groups is 1. The van der Waals surface area contributed by atoms with E-state index in [-0.39, 0.29) is 37.9 Å². The fourth-order valence-corrected chi connectivity index (χ4v) is 4.57. The Morgan fingerprint density at radius 2 is 2.03 bits per heavy atom. The van der Waals surface area contributed by atoms with Crippen LogP contribution in [0, 0.1) is 17.2 Å². The highest BCUT2D eigenvalue weighted by atomic mass is 35.5. The molecule has 2 N–H and O–H groups in total. The molecule has 0 radical (unpaired) electrons. The molecule has 0 bridgehead atoms. The van der Waals surface area contributed by atoms with Gasteiger partial charge in [0.05, 0.1) is 36.8 Å². The summed E-state index contributed by atoms with van der Waals surface area (Å²) in [5, 5.41) is 18.8. The second-order valence-corrected chi connectivity index (χ2v) is 9.71. The summed E-state index contributed by atoms with van der Waals surface area (Å²) in [7, 11) is 5.49. The molecule has 2 amide bonds. The first-order valence-corrected chi connectivity index (χ1v) is 12.4. The smallest absolute Gasteiger partial charge is 0.244 e. The quantitative estimate of drug-likeness (QED) is 0.452. The maximum Gasteiger partial charge on any atom is 0.244 e. The van der Waals surface area contributed by atoms with Gasteiger partial charge in [-0.1, -0.05) is 29.8 Å².